The molecule has 4 atom stereocenters. The molecule has 0 aliphatic heterocycles. The molecule has 0 heterocycles. The fourth-order valence-electron chi connectivity index (χ4n) is 1.59. The largest absolute Gasteiger partial charge is 0.394 e. The van der Waals surface area contributed by atoms with Gasteiger partial charge < -0.3 is 25.5 Å². The maximum absolute atomic E-state index is 11.5. The smallest absolute Gasteiger partial charge is 0.164 e. The van der Waals surface area contributed by atoms with Crippen LogP contribution in [-0.2, 0) is 4.79 Å². The van der Waals surface area contributed by atoms with E-state index in [0.29, 0.717) is 6.42 Å². The molecule has 0 saturated heterocycles. The number of hydrogen-bond acceptors (Lipinski definition) is 6. The summed E-state index contributed by atoms with van der Waals surface area (Å²) in [6.07, 6.45) is -3.21. The van der Waals surface area contributed by atoms with E-state index in [2.05, 4.69) is 0 Å². The molecule has 0 rings (SSSR count). The van der Waals surface area contributed by atoms with Crippen molar-refractivity contribution in [3.05, 3.63) is 0 Å². The Bertz CT molecular complexity index is 233. The Morgan fingerprint density at radius 1 is 1.00 bits per heavy atom. The average Bonchev–Trinajstić information content (AvgIpc) is 2.39. The number of carbonyl (C=O) groups is 1. The van der Waals surface area contributed by atoms with Crippen molar-refractivity contribution in [1.29, 1.82) is 0 Å². The Morgan fingerprint density at radius 2 is 1.61 bits per heavy atom. The van der Waals surface area contributed by atoms with Gasteiger partial charge in [0.15, 0.2) is 5.78 Å². The SMILES string of the molecule is CCCCCCC(=O)[C@H](O)[C@@H](O)[C@H](O)[C@H](O)CO. The van der Waals surface area contributed by atoms with Gasteiger partial charge in [-0.25, -0.2) is 0 Å². The molecular weight excluding hydrogens is 240 g/mol. The molecular formula is C12H24O6. The van der Waals surface area contributed by atoms with E-state index in [4.69, 9.17) is 10.2 Å². The molecule has 0 saturated carbocycles. The fraction of sp³-hybridized carbons (Fsp3) is 0.917. The van der Waals surface area contributed by atoms with Gasteiger partial charge in [0.2, 0.25) is 0 Å². The molecule has 0 aliphatic rings. The Hall–Kier alpha value is -0.530. The molecule has 0 aliphatic carbocycles. The standard InChI is InChI=1S/C12H24O6/c1-2-3-4-5-6-8(14)10(16)12(18)11(17)9(15)7-13/h9-13,15-18H,2-7H2,1H3/t9-,10+,11-,12-/m1/s1. The fourth-order valence-corrected chi connectivity index (χ4v) is 1.59. The summed E-state index contributed by atoms with van der Waals surface area (Å²) in [5, 5.41) is 46.0. The summed E-state index contributed by atoms with van der Waals surface area (Å²) in [5.74, 6) is -0.567. The van der Waals surface area contributed by atoms with E-state index in [1.165, 1.54) is 0 Å². The predicted octanol–water partition coefficient (Wildman–Crippen LogP) is -1.04. The topological polar surface area (TPSA) is 118 Å². The number of hydrogen-bond donors (Lipinski definition) is 5. The summed E-state index contributed by atoms with van der Waals surface area (Å²) in [4.78, 5) is 11.5. The van der Waals surface area contributed by atoms with Crippen LogP contribution in [0.15, 0.2) is 0 Å². The Morgan fingerprint density at radius 3 is 2.11 bits per heavy atom. The lowest BCUT2D eigenvalue weighted by molar-refractivity contribution is -0.147. The maximum Gasteiger partial charge on any atom is 0.164 e. The van der Waals surface area contributed by atoms with Gasteiger partial charge in [-0.1, -0.05) is 26.2 Å². The summed E-state index contributed by atoms with van der Waals surface area (Å²) in [7, 11) is 0. The summed E-state index contributed by atoms with van der Waals surface area (Å²) in [6.45, 7) is 1.28. The quantitative estimate of drug-likeness (QED) is 0.322. The second-order valence-electron chi connectivity index (χ2n) is 4.45. The molecule has 0 bridgehead atoms. The van der Waals surface area contributed by atoms with Crippen LogP contribution in [0.4, 0.5) is 0 Å². The van der Waals surface area contributed by atoms with Crippen LogP contribution in [0.2, 0.25) is 0 Å². The van der Waals surface area contributed by atoms with Gasteiger partial charge in [-0.15, -0.1) is 0 Å². The lowest BCUT2D eigenvalue weighted by Crippen LogP contribution is -2.48. The minimum absolute atomic E-state index is 0.125. The first kappa shape index (κ1) is 17.5. The predicted molar refractivity (Wildman–Crippen MR) is 64.9 cm³/mol. The number of rotatable bonds is 10. The van der Waals surface area contributed by atoms with Crippen molar-refractivity contribution in [2.45, 2.75) is 63.4 Å². The average molecular weight is 264 g/mol. The third-order valence-electron chi connectivity index (χ3n) is 2.86. The molecule has 18 heavy (non-hydrogen) atoms. The molecule has 0 unspecified atom stereocenters. The van der Waals surface area contributed by atoms with Crippen LogP contribution >= 0.6 is 0 Å². The molecule has 0 radical (unpaired) electrons. The van der Waals surface area contributed by atoms with Crippen LogP contribution in [0.3, 0.4) is 0 Å². The summed E-state index contributed by atoms with van der Waals surface area (Å²) >= 11 is 0. The Balaban J connectivity index is 4.11. The van der Waals surface area contributed by atoms with Gasteiger partial charge in [0, 0.05) is 6.42 Å². The molecule has 108 valence electrons. The lowest BCUT2D eigenvalue weighted by atomic mass is 9.97. The highest BCUT2D eigenvalue weighted by Crippen LogP contribution is 2.10. The van der Waals surface area contributed by atoms with Gasteiger partial charge in [0.05, 0.1) is 6.61 Å². The zero-order chi connectivity index (χ0) is 14.1. The molecule has 5 N–H and O–H groups in total. The van der Waals surface area contributed by atoms with Crippen molar-refractivity contribution in [3.8, 4) is 0 Å². The van der Waals surface area contributed by atoms with Gasteiger partial charge in [0.1, 0.15) is 24.4 Å². The third kappa shape index (κ3) is 5.88. The lowest BCUT2D eigenvalue weighted by Gasteiger charge is -2.24. The van der Waals surface area contributed by atoms with Crippen molar-refractivity contribution in [1.82, 2.24) is 0 Å². The minimum atomic E-state index is -1.79. The number of aliphatic hydroxyl groups is 5. The molecule has 0 aromatic heterocycles. The minimum Gasteiger partial charge on any atom is -0.394 e. The van der Waals surface area contributed by atoms with Crippen LogP contribution in [0.25, 0.3) is 0 Å². The van der Waals surface area contributed by atoms with Gasteiger partial charge >= 0.3 is 0 Å². The molecule has 6 heteroatoms. The van der Waals surface area contributed by atoms with Crippen molar-refractivity contribution in [2.75, 3.05) is 6.61 Å². The second-order valence-corrected chi connectivity index (χ2v) is 4.45. The molecule has 0 aromatic rings. The highest BCUT2D eigenvalue weighted by molar-refractivity contribution is 5.83. The molecule has 0 amide bonds. The number of ketones is 1. The Kier molecular flexibility index (Phi) is 9.13. The highest BCUT2D eigenvalue weighted by Gasteiger charge is 2.33. The van der Waals surface area contributed by atoms with Crippen molar-refractivity contribution >= 4 is 5.78 Å². The molecule has 0 spiro atoms. The monoisotopic (exact) mass is 264 g/mol. The van der Waals surface area contributed by atoms with E-state index in [9.17, 15) is 20.1 Å². The number of unbranched alkanes of at least 4 members (excludes halogenated alkanes) is 3. The van der Waals surface area contributed by atoms with Crippen LogP contribution < -0.4 is 0 Å². The van der Waals surface area contributed by atoms with Crippen molar-refractivity contribution in [3.63, 3.8) is 0 Å². The first-order valence-corrected chi connectivity index (χ1v) is 6.31. The molecule has 0 fully saturated rings. The zero-order valence-electron chi connectivity index (χ0n) is 10.7. The normalized spacial score (nSPS) is 18.1. The summed E-state index contributed by atoms with van der Waals surface area (Å²) < 4.78 is 0. The number of carbonyl (C=O) groups excluding carboxylic acids is 1. The Labute approximate surface area is 107 Å². The third-order valence-corrected chi connectivity index (χ3v) is 2.86. The maximum atomic E-state index is 11.5. The van der Waals surface area contributed by atoms with E-state index < -0.39 is 36.8 Å². The first-order chi connectivity index (χ1) is 8.45. The highest BCUT2D eigenvalue weighted by atomic mass is 16.4. The van der Waals surface area contributed by atoms with E-state index in [1.807, 2.05) is 6.92 Å². The second kappa shape index (κ2) is 9.41. The van der Waals surface area contributed by atoms with E-state index in [0.717, 1.165) is 19.3 Å². The number of aliphatic hydroxyl groups excluding tert-OH is 5. The zero-order valence-corrected chi connectivity index (χ0v) is 10.7. The van der Waals surface area contributed by atoms with Crippen LogP contribution in [0.1, 0.15) is 39.0 Å². The van der Waals surface area contributed by atoms with Gasteiger partial charge in [-0.2, -0.15) is 0 Å². The van der Waals surface area contributed by atoms with Crippen molar-refractivity contribution in [2.24, 2.45) is 0 Å². The van der Waals surface area contributed by atoms with E-state index in [-0.39, 0.29) is 6.42 Å². The van der Waals surface area contributed by atoms with Gasteiger partial charge in [0.25, 0.3) is 0 Å². The van der Waals surface area contributed by atoms with Crippen LogP contribution in [0.5, 0.6) is 0 Å². The van der Waals surface area contributed by atoms with Crippen LogP contribution in [-0.4, -0.2) is 62.3 Å². The first-order valence-electron chi connectivity index (χ1n) is 6.31. The van der Waals surface area contributed by atoms with Gasteiger partial charge in [-0.3, -0.25) is 4.79 Å². The van der Waals surface area contributed by atoms with Crippen molar-refractivity contribution < 1.29 is 30.3 Å². The van der Waals surface area contributed by atoms with Gasteiger partial charge in [-0.05, 0) is 6.42 Å². The number of Topliss-reactive ketones (excluding diaryl/α,β-unsaturated/α-hetero) is 1. The molecule has 0 aromatic carbocycles. The summed E-state index contributed by atoms with van der Waals surface area (Å²) in [6, 6.07) is 0. The summed E-state index contributed by atoms with van der Waals surface area (Å²) in [5.41, 5.74) is 0. The van der Waals surface area contributed by atoms with Crippen LogP contribution in [0, 0.1) is 0 Å². The molecule has 6 nitrogen and oxygen atoms in total. The van der Waals surface area contributed by atoms with E-state index in [1.54, 1.807) is 0 Å². The van der Waals surface area contributed by atoms with E-state index >= 15 is 0 Å².